The van der Waals surface area contributed by atoms with Gasteiger partial charge < -0.3 is 23.0 Å². The van der Waals surface area contributed by atoms with Crippen LogP contribution >= 0.6 is 0 Å². The predicted molar refractivity (Wildman–Crippen MR) is 137 cm³/mol. The molecular formula is C26H44O9. The molecule has 1 aromatic heterocycles. The first-order valence-corrected chi connectivity index (χ1v) is 11.8. The Morgan fingerprint density at radius 2 is 1.17 bits per heavy atom. The first-order valence-electron chi connectivity index (χ1n) is 11.8. The van der Waals surface area contributed by atoms with E-state index in [0.29, 0.717) is 5.56 Å². The van der Waals surface area contributed by atoms with E-state index in [1.807, 2.05) is 61.5 Å². The van der Waals surface area contributed by atoms with E-state index < -0.39 is 30.0 Å². The zero-order chi connectivity index (χ0) is 28.4. The standard InChI is InChI=1S/C12H10O5.C6H10O4.4C2H6/c1-8(13)15-7-10-11(17-12(14)16-10)9-5-3-2-4-6-9;1-4(7)9-6(3)10-5(2)8;4*1-2/h2-6H,7H2,1H3;6H,1-3H3;4*1-2H3. The van der Waals surface area contributed by atoms with Crippen LogP contribution in [0.15, 0.2) is 44.0 Å². The molecule has 0 unspecified atom stereocenters. The van der Waals surface area contributed by atoms with E-state index >= 15 is 0 Å². The third-order valence-corrected chi connectivity index (χ3v) is 2.75. The summed E-state index contributed by atoms with van der Waals surface area (Å²) in [7, 11) is 0. The number of hydrogen-bond acceptors (Lipinski definition) is 9. The highest BCUT2D eigenvalue weighted by atomic mass is 16.7. The molecule has 35 heavy (non-hydrogen) atoms. The van der Waals surface area contributed by atoms with E-state index in [2.05, 4.69) is 9.47 Å². The van der Waals surface area contributed by atoms with Crippen LogP contribution in [0, 0.1) is 0 Å². The van der Waals surface area contributed by atoms with Gasteiger partial charge in [-0.15, -0.1) is 0 Å². The lowest BCUT2D eigenvalue weighted by Crippen LogP contribution is -2.18. The summed E-state index contributed by atoms with van der Waals surface area (Å²) in [6.45, 7) is 21.1. The smallest absolute Gasteiger partial charge is 0.458 e. The predicted octanol–water partition coefficient (Wildman–Crippen LogP) is 6.53. The molecule has 0 aliphatic carbocycles. The Hall–Kier alpha value is -3.36. The summed E-state index contributed by atoms with van der Waals surface area (Å²) in [5.74, 6) is -1.70. The molecule has 0 radical (unpaired) electrons. The van der Waals surface area contributed by atoms with Crippen molar-refractivity contribution >= 4 is 17.9 Å². The van der Waals surface area contributed by atoms with E-state index in [1.165, 1.54) is 27.7 Å². The number of hydrogen-bond donors (Lipinski definition) is 0. The lowest BCUT2D eigenvalue weighted by Gasteiger charge is -2.10. The minimum atomic E-state index is -0.814. The number of carbonyl (C=O) groups excluding carboxylic acids is 3. The molecule has 0 spiro atoms. The Balaban J connectivity index is -0.000000230. The van der Waals surface area contributed by atoms with Gasteiger partial charge in [-0.05, 0) is 0 Å². The van der Waals surface area contributed by atoms with Crippen molar-refractivity contribution in [3.05, 3.63) is 46.7 Å². The molecule has 1 heterocycles. The molecule has 2 aromatic rings. The van der Waals surface area contributed by atoms with Crippen LogP contribution in [-0.4, -0.2) is 24.2 Å². The van der Waals surface area contributed by atoms with Crippen molar-refractivity contribution in [1.82, 2.24) is 0 Å². The summed E-state index contributed by atoms with van der Waals surface area (Å²) >= 11 is 0. The summed E-state index contributed by atoms with van der Waals surface area (Å²) in [6, 6.07) is 8.99. The second kappa shape index (κ2) is 26.9. The molecule has 0 bridgehead atoms. The quantitative estimate of drug-likeness (QED) is 0.333. The zero-order valence-electron chi connectivity index (χ0n) is 23.3. The first kappa shape index (κ1) is 38.9. The summed E-state index contributed by atoms with van der Waals surface area (Å²) in [6.07, 6.45) is -0.782. The molecule has 2 rings (SSSR count). The van der Waals surface area contributed by atoms with Crippen LogP contribution in [0.2, 0.25) is 0 Å². The lowest BCUT2D eigenvalue weighted by molar-refractivity contribution is -0.181. The van der Waals surface area contributed by atoms with Crippen LogP contribution < -0.4 is 5.82 Å². The van der Waals surface area contributed by atoms with Gasteiger partial charge in [0, 0.05) is 33.3 Å². The molecule has 0 saturated carbocycles. The summed E-state index contributed by atoms with van der Waals surface area (Å²) in [5, 5.41) is 0. The number of rotatable bonds is 5. The third-order valence-electron chi connectivity index (χ3n) is 2.75. The third kappa shape index (κ3) is 22.2. The maximum Gasteiger partial charge on any atom is 0.519 e. The first-order chi connectivity index (χ1) is 16.7. The molecular weight excluding hydrogens is 456 g/mol. The van der Waals surface area contributed by atoms with Crippen molar-refractivity contribution in [2.75, 3.05) is 0 Å². The van der Waals surface area contributed by atoms with Crippen LogP contribution in [-0.2, 0) is 35.2 Å². The van der Waals surface area contributed by atoms with Crippen molar-refractivity contribution < 1.29 is 37.4 Å². The fourth-order valence-corrected chi connectivity index (χ4v) is 1.87. The molecule has 0 N–H and O–H groups in total. The summed E-state index contributed by atoms with van der Waals surface area (Å²) in [4.78, 5) is 42.2. The Labute approximate surface area is 209 Å². The van der Waals surface area contributed by atoms with Gasteiger partial charge in [0.05, 0.1) is 0 Å². The van der Waals surface area contributed by atoms with Gasteiger partial charge in [-0.2, -0.15) is 0 Å². The van der Waals surface area contributed by atoms with Crippen LogP contribution in [0.4, 0.5) is 0 Å². The minimum Gasteiger partial charge on any atom is -0.458 e. The van der Waals surface area contributed by atoms with Crippen molar-refractivity contribution in [1.29, 1.82) is 0 Å². The van der Waals surface area contributed by atoms with E-state index in [9.17, 15) is 19.2 Å². The van der Waals surface area contributed by atoms with E-state index in [-0.39, 0.29) is 18.1 Å². The van der Waals surface area contributed by atoms with Crippen molar-refractivity contribution in [2.24, 2.45) is 0 Å². The Morgan fingerprint density at radius 1 is 0.743 bits per heavy atom. The van der Waals surface area contributed by atoms with Gasteiger partial charge in [-0.3, -0.25) is 14.4 Å². The van der Waals surface area contributed by atoms with Crippen LogP contribution in [0.3, 0.4) is 0 Å². The number of esters is 3. The molecule has 9 heteroatoms. The average Bonchev–Trinajstić information content (AvgIpc) is 3.23. The largest absolute Gasteiger partial charge is 0.519 e. The fourth-order valence-electron chi connectivity index (χ4n) is 1.87. The second-order valence-corrected chi connectivity index (χ2v) is 5.14. The van der Waals surface area contributed by atoms with Crippen LogP contribution in [0.5, 0.6) is 0 Å². The van der Waals surface area contributed by atoms with E-state index in [1.54, 1.807) is 24.3 Å². The average molecular weight is 501 g/mol. The lowest BCUT2D eigenvalue weighted by atomic mass is 10.1. The monoisotopic (exact) mass is 500 g/mol. The van der Waals surface area contributed by atoms with Gasteiger partial charge in [0.2, 0.25) is 6.29 Å². The highest BCUT2D eigenvalue weighted by Gasteiger charge is 2.15. The Morgan fingerprint density at radius 3 is 1.54 bits per heavy atom. The maximum absolute atomic E-state index is 11.1. The van der Waals surface area contributed by atoms with Gasteiger partial charge in [0.25, 0.3) is 0 Å². The van der Waals surface area contributed by atoms with Crippen molar-refractivity contribution in [2.45, 2.75) is 96.0 Å². The Bertz CT molecular complexity index is 805. The normalized spacial score (nSPS) is 8.26. The Kier molecular flexibility index (Phi) is 29.9. The van der Waals surface area contributed by atoms with Crippen LogP contribution in [0.25, 0.3) is 11.3 Å². The topological polar surface area (TPSA) is 122 Å². The van der Waals surface area contributed by atoms with E-state index in [4.69, 9.17) is 13.6 Å². The molecule has 9 nitrogen and oxygen atoms in total. The molecule has 1 aromatic carbocycles. The summed E-state index contributed by atoms with van der Waals surface area (Å²) < 4.78 is 23.5. The van der Waals surface area contributed by atoms with Gasteiger partial charge in [0.15, 0.2) is 18.1 Å². The van der Waals surface area contributed by atoms with Crippen molar-refractivity contribution in [3.63, 3.8) is 0 Å². The van der Waals surface area contributed by atoms with Gasteiger partial charge in [-0.1, -0.05) is 85.7 Å². The second-order valence-electron chi connectivity index (χ2n) is 5.14. The number of carbonyl (C=O) groups is 3. The molecule has 0 aliphatic rings. The maximum atomic E-state index is 11.1. The molecule has 0 amide bonds. The molecule has 202 valence electrons. The molecule has 0 atom stereocenters. The number of benzene rings is 1. The molecule has 0 saturated heterocycles. The van der Waals surface area contributed by atoms with E-state index in [0.717, 1.165) is 0 Å². The zero-order valence-corrected chi connectivity index (χ0v) is 23.3. The summed E-state index contributed by atoms with van der Waals surface area (Å²) in [5.41, 5.74) is 0.695. The molecule has 0 fully saturated rings. The minimum absolute atomic E-state index is 0.120. The molecule has 0 aliphatic heterocycles. The SMILES string of the molecule is CC.CC.CC.CC.CC(=O)OC(C)OC(C)=O.CC(=O)OCc1oc(=O)oc1-c1ccccc1. The van der Waals surface area contributed by atoms with Crippen molar-refractivity contribution in [3.8, 4) is 11.3 Å². The highest BCUT2D eigenvalue weighted by Crippen LogP contribution is 2.23. The fraction of sp³-hybridized carbons (Fsp3) is 0.538. The van der Waals surface area contributed by atoms with Gasteiger partial charge in [-0.25, -0.2) is 4.79 Å². The van der Waals surface area contributed by atoms with Crippen LogP contribution in [0.1, 0.15) is 88.8 Å². The number of ether oxygens (including phenoxy) is 3. The van der Waals surface area contributed by atoms with Gasteiger partial charge in [0.1, 0.15) is 0 Å². The van der Waals surface area contributed by atoms with Gasteiger partial charge >= 0.3 is 23.7 Å². The highest BCUT2D eigenvalue weighted by molar-refractivity contribution is 5.68.